The number of nitrogens with zero attached hydrogens (tertiary/aromatic N) is 1. The first kappa shape index (κ1) is 7.69. The van der Waals surface area contributed by atoms with E-state index in [2.05, 4.69) is 4.37 Å². The fourth-order valence-corrected chi connectivity index (χ4v) is 1.49. The molecule has 0 spiro atoms. The molecule has 0 saturated heterocycles. The highest BCUT2D eigenvalue weighted by molar-refractivity contribution is 7.03. The van der Waals surface area contributed by atoms with Crippen LogP contribution in [0.3, 0.4) is 0 Å². The van der Waals surface area contributed by atoms with Crippen molar-refractivity contribution in [2.45, 2.75) is 13.3 Å². The summed E-state index contributed by atoms with van der Waals surface area (Å²) in [7, 11) is 0. The molecule has 4 heteroatoms. The van der Waals surface area contributed by atoms with Crippen LogP contribution in [0, 0.1) is 6.92 Å². The van der Waals surface area contributed by atoms with Crippen molar-refractivity contribution in [3.63, 3.8) is 0 Å². The third-order valence-electron chi connectivity index (χ3n) is 1.18. The van der Waals surface area contributed by atoms with Gasteiger partial charge in [0, 0.05) is 11.8 Å². The average molecular weight is 176 g/mol. The predicted octanol–water partition coefficient (Wildman–Crippen LogP) is 1.76. The molecule has 0 unspecified atom stereocenters. The molecule has 0 aliphatic rings. The first-order valence-electron chi connectivity index (χ1n) is 2.78. The Labute approximate surface area is 68.0 Å². The molecule has 1 aromatic heterocycles. The van der Waals surface area contributed by atoms with E-state index in [-0.39, 0.29) is 5.24 Å². The molecule has 0 fully saturated rings. The molecule has 54 valence electrons. The molecule has 0 aromatic carbocycles. The van der Waals surface area contributed by atoms with Gasteiger partial charge in [-0.1, -0.05) is 0 Å². The topological polar surface area (TPSA) is 30.0 Å². The quantitative estimate of drug-likeness (QED) is 0.642. The Hall–Kier alpha value is -0.410. The summed E-state index contributed by atoms with van der Waals surface area (Å²) in [4.78, 5) is 10.4. The van der Waals surface area contributed by atoms with Gasteiger partial charge in [0.2, 0.25) is 5.24 Å². The normalized spacial score (nSPS) is 9.80. The van der Waals surface area contributed by atoms with Crippen molar-refractivity contribution >= 4 is 28.4 Å². The maximum absolute atomic E-state index is 10.4. The van der Waals surface area contributed by atoms with Gasteiger partial charge < -0.3 is 0 Å². The Bertz CT molecular complexity index is 246. The number of halogens is 1. The molecule has 0 N–H and O–H groups in total. The van der Waals surface area contributed by atoms with Crippen LogP contribution in [-0.2, 0) is 11.2 Å². The van der Waals surface area contributed by atoms with E-state index in [9.17, 15) is 4.79 Å². The Morgan fingerprint density at radius 2 is 2.60 bits per heavy atom. The summed E-state index contributed by atoms with van der Waals surface area (Å²) < 4.78 is 4.00. The SMILES string of the molecule is Cc1nscc1CC(=O)Cl. The van der Waals surface area contributed by atoms with Gasteiger partial charge in [0.25, 0.3) is 0 Å². The second kappa shape index (κ2) is 3.12. The van der Waals surface area contributed by atoms with Crippen LogP contribution in [0.4, 0.5) is 0 Å². The summed E-state index contributed by atoms with van der Waals surface area (Å²) in [5, 5.41) is 1.51. The fraction of sp³-hybridized carbons (Fsp3) is 0.333. The molecule has 0 bridgehead atoms. The van der Waals surface area contributed by atoms with Crippen LogP contribution in [0.1, 0.15) is 11.3 Å². The summed E-state index contributed by atoms with van der Waals surface area (Å²) in [5.74, 6) is 0. The van der Waals surface area contributed by atoms with Crippen molar-refractivity contribution in [3.05, 3.63) is 16.6 Å². The number of hydrogen-bond acceptors (Lipinski definition) is 3. The highest BCUT2D eigenvalue weighted by atomic mass is 35.5. The molecule has 0 amide bonds. The molecule has 0 saturated carbocycles. The highest BCUT2D eigenvalue weighted by Crippen LogP contribution is 2.10. The van der Waals surface area contributed by atoms with E-state index in [1.54, 1.807) is 0 Å². The summed E-state index contributed by atoms with van der Waals surface area (Å²) in [6.07, 6.45) is 0.296. The lowest BCUT2D eigenvalue weighted by Gasteiger charge is -1.89. The van der Waals surface area contributed by atoms with Gasteiger partial charge >= 0.3 is 0 Å². The number of rotatable bonds is 2. The zero-order valence-corrected chi connectivity index (χ0v) is 7.00. The molecular weight excluding hydrogens is 170 g/mol. The Morgan fingerprint density at radius 1 is 1.90 bits per heavy atom. The molecule has 1 heterocycles. The van der Waals surface area contributed by atoms with Crippen LogP contribution < -0.4 is 0 Å². The van der Waals surface area contributed by atoms with Crippen LogP contribution in [0.25, 0.3) is 0 Å². The first-order chi connectivity index (χ1) is 4.70. The van der Waals surface area contributed by atoms with Gasteiger partial charge in [0.05, 0.1) is 5.69 Å². The summed E-state index contributed by atoms with van der Waals surface area (Å²) in [6.45, 7) is 1.87. The van der Waals surface area contributed by atoms with Crippen molar-refractivity contribution in [1.29, 1.82) is 0 Å². The maximum atomic E-state index is 10.4. The molecule has 0 radical (unpaired) electrons. The third-order valence-corrected chi connectivity index (χ3v) is 2.08. The average Bonchev–Trinajstić information content (AvgIpc) is 2.15. The molecule has 10 heavy (non-hydrogen) atoms. The third kappa shape index (κ3) is 1.78. The zero-order valence-electron chi connectivity index (χ0n) is 5.43. The van der Waals surface area contributed by atoms with Crippen LogP contribution in [-0.4, -0.2) is 9.62 Å². The first-order valence-corrected chi connectivity index (χ1v) is 4.00. The lowest BCUT2D eigenvalue weighted by Crippen LogP contribution is -1.93. The second-order valence-corrected chi connectivity index (χ2v) is 3.01. The van der Waals surface area contributed by atoms with Crippen molar-refractivity contribution in [2.75, 3.05) is 0 Å². The fourth-order valence-electron chi connectivity index (χ4n) is 0.632. The molecule has 1 aromatic rings. The Morgan fingerprint density at radius 3 is 3.00 bits per heavy atom. The van der Waals surface area contributed by atoms with Crippen LogP contribution in [0.15, 0.2) is 5.38 Å². The van der Waals surface area contributed by atoms with E-state index in [0.29, 0.717) is 6.42 Å². The van der Waals surface area contributed by atoms with Gasteiger partial charge in [-0.05, 0) is 35.6 Å². The number of carbonyl (C=O) groups excluding carboxylic acids is 1. The van der Waals surface area contributed by atoms with Crippen molar-refractivity contribution in [3.8, 4) is 0 Å². The Kier molecular flexibility index (Phi) is 2.40. The minimum absolute atomic E-state index is 0.296. The van der Waals surface area contributed by atoms with Crippen LogP contribution in [0.5, 0.6) is 0 Å². The lowest BCUT2D eigenvalue weighted by molar-refractivity contribution is -0.111. The predicted molar refractivity (Wildman–Crippen MR) is 41.4 cm³/mol. The van der Waals surface area contributed by atoms with Crippen molar-refractivity contribution in [2.24, 2.45) is 0 Å². The van der Waals surface area contributed by atoms with Gasteiger partial charge in [-0.15, -0.1) is 0 Å². The largest absolute Gasteiger partial charge is 0.281 e. The molecule has 1 rings (SSSR count). The van der Waals surface area contributed by atoms with Gasteiger partial charge in [0.15, 0.2) is 0 Å². The number of hydrogen-bond donors (Lipinski definition) is 0. The molecule has 0 atom stereocenters. The lowest BCUT2D eigenvalue weighted by atomic mass is 10.2. The zero-order chi connectivity index (χ0) is 7.56. The number of carbonyl (C=O) groups is 1. The van der Waals surface area contributed by atoms with Gasteiger partial charge in [-0.3, -0.25) is 4.79 Å². The van der Waals surface area contributed by atoms with E-state index >= 15 is 0 Å². The Balaban J connectivity index is 2.74. The summed E-state index contributed by atoms with van der Waals surface area (Å²) in [5.41, 5.74) is 1.84. The van der Waals surface area contributed by atoms with E-state index in [4.69, 9.17) is 11.6 Å². The minimum atomic E-state index is -0.330. The molecule has 0 aliphatic carbocycles. The minimum Gasteiger partial charge on any atom is -0.281 e. The van der Waals surface area contributed by atoms with E-state index in [1.807, 2.05) is 12.3 Å². The number of aryl methyl sites for hydroxylation is 1. The van der Waals surface area contributed by atoms with Gasteiger partial charge in [0.1, 0.15) is 0 Å². The maximum Gasteiger partial charge on any atom is 0.226 e. The summed E-state index contributed by atoms with van der Waals surface area (Å²) >= 11 is 6.53. The molecular formula is C6H6ClNOS. The monoisotopic (exact) mass is 175 g/mol. The van der Waals surface area contributed by atoms with Crippen molar-refractivity contribution in [1.82, 2.24) is 4.37 Å². The molecule has 2 nitrogen and oxygen atoms in total. The summed E-state index contributed by atoms with van der Waals surface area (Å²) in [6, 6.07) is 0. The van der Waals surface area contributed by atoms with E-state index in [1.165, 1.54) is 11.5 Å². The van der Waals surface area contributed by atoms with E-state index < -0.39 is 0 Å². The van der Waals surface area contributed by atoms with Crippen LogP contribution in [0.2, 0.25) is 0 Å². The molecule has 0 aliphatic heterocycles. The van der Waals surface area contributed by atoms with Crippen molar-refractivity contribution < 1.29 is 4.79 Å². The van der Waals surface area contributed by atoms with Gasteiger partial charge in [-0.2, -0.15) is 4.37 Å². The van der Waals surface area contributed by atoms with Gasteiger partial charge in [-0.25, -0.2) is 0 Å². The smallest absolute Gasteiger partial charge is 0.226 e. The van der Waals surface area contributed by atoms with E-state index in [0.717, 1.165) is 11.3 Å². The standard InChI is InChI=1S/C6H6ClNOS/c1-4-5(2-6(7)9)3-10-8-4/h3H,2H2,1H3. The number of aromatic nitrogens is 1. The van der Waals surface area contributed by atoms with Crippen LogP contribution >= 0.6 is 23.1 Å². The highest BCUT2D eigenvalue weighted by Gasteiger charge is 2.03. The second-order valence-electron chi connectivity index (χ2n) is 1.96.